The van der Waals surface area contributed by atoms with Gasteiger partial charge in [-0.2, -0.15) is 5.10 Å². The minimum Gasteiger partial charge on any atom is -0.497 e. The molecule has 0 bridgehead atoms. The molecule has 4 aromatic rings. The Morgan fingerprint density at radius 3 is 2.49 bits per heavy atom. The number of hydrogen-bond acceptors (Lipinski definition) is 7. The molecule has 12 heteroatoms. The Morgan fingerprint density at radius 2 is 1.82 bits per heavy atom. The van der Waals surface area contributed by atoms with Gasteiger partial charge in [0, 0.05) is 17.0 Å². The quantitative estimate of drug-likeness (QED) is 0.152. The molecule has 0 saturated carbocycles. The van der Waals surface area contributed by atoms with Gasteiger partial charge in [0.2, 0.25) is 0 Å². The maximum absolute atomic E-state index is 13.6. The topological polar surface area (TPSA) is 110 Å². The van der Waals surface area contributed by atoms with Crippen LogP contribution in [-0.2, 0) is 14.8 Å². The fraction of sp³-hybridized carbons (Fsp3) is 0.148. The summed E-state index contributed by atoms with van der Waals surface area (Å²) in [5, 5.41) is 4.96. The zero-order chi connectivity index (χ0) is 28.2. The number of fused-ring (bicyclic) bond motifs is 1. The summed E-state index contributed by atoms with van der Waals surface area (Å²) >= 11 is 9.62. The minimum atomic E-state index is -4.13. The number of hydrogen-bond donors (Lipinski definition) is 1. The Morgan fingerprint density at radius 1 is 1.08 bits per heavy atom. The van der Waals surface area contributed by atoms with Crippen molar-refractivity contribution in [2.75, 3.05) is 25.1 Å². The molecule has 0 unspecified atom stereocenters. The molecular formula is C27H24BrClN4O5S. The van der Waals surface area contributed by atoms with Gasteiger partial charge in [0.15, 0.2) is 0 Å². The second kappa shape index (κ2) is 12.0. The third-order valence-electron chi connectivity index (χ3n) is 5.72. The fourth-order valence-electron chi connectivity index (χ4n) is 3.66. The van der Waals surface area contributed by atoms with Crippen LogP contribution in [0, 0.1) is 6.92 Å². The number of carbonyl (C=O) groups is 1. The molecule has 0 atom stereocenters. The van der Waals surface area contributed by atoms with Gasteiger partial charge in [0.05, 0.1) is 41.0 Å². The third-order valence-corrected chi connectivity index (χ3v) is 8.41. The Hall–Kier alpha value is -3.67. The van der Waals surface area contributed by atoms with Crippen molar-refractivity contribution >= 4 is 66.3 Å². The largest absolute Gasteiger partial charge is 0.497 e. The maximum Gasteiger partial charge on any atom is 0.264 e. The van der Waals surface area contributed by atoms with E-state index in [0.29, 0.717) is 32.7 Å². The average Bonchev–Trinajstić information content (AvgIpc) is 2.92. The molecule has 0 aliphatic carbocycles. The van der Waals surface area contributed by atoms with Crippen molar-refractivity contribution in [3.05, 3.63) is 87.5 Å². The van der Waals surface area contributed by atoms with Crippen LogP contribution >= 0.6 is 27.5 Å². The van der Waals surface area contributed by atoms with Crippen LogP contribution in [0.2, 0.25) is 5.15 Å². The molecule has 0 fully saturated rings. The minimum absolute atomic E-state index is 0.0160. The number of hydrazone groups is 1. The Bertz CT molecular complexity index is 1660. The summed E-state index contributed by atoms with van der Waals surface area (Å²) in [5.74, 6) is 0.469. The zero-order valence-electron chi connectivity index (χ0n) is 21.2. The van der Waals surface area contributed by atoms with Gasteiger partial charge in [-0.1, -0.05) is 29.3 Å². The van der Waals surface area contributed by atoms with Gasteiger partial charge in [0.25, 0.3) is 15.9 Å². The number of nitrogens with zero attached hydrogens (tertiary/aromatic N) is 3. The SMILES string of the molecule is COc1ccc2cc(/C=N\NC(=O)CN(c3ccc(C)cc3)S(=O)(=O)c3ccc(OC)c(Br)c3)c(Cl)nc2c1. The van der Waals surface area contributed by atoms with E-state index in [1.807, 2.05) is 13.0 Å². The highest BCUT2D eigenvalue weighted by atomic mass is 79.9. The molecule has 4 rings (SSSR count). The number of ether oxygens (including phenoxy) is 2. The van der Waals surface area contributed by atoms with Crippen molar-refractivity contribution in [1.82, 2.24) is 10.4 Å². The average molecular weight is 632 g/mol. The number of carbonyl (C=O) groups excluding carboxylic acids is 1. The van der Waals surface area contributed by atoms with Crippen molar-refractivity contribution < 1.29 is 22.7 Å². The number of nitrogens with one attached hydrogen (secondary N) is 1. The number of benzene rings is 3. The second-order valence-corrected chi connectivity index (χ2v) is 11.4. The highest BCUT2D eigenvalue weighted by Crippen LogP contribution is 2.31. The smallest absolute Gasteiger partial charge is 0.264 e. The lowest BCUT2D eigenvalue weighted by atomic mass is 10.1. The van der Waals surface area contributed by atoms with Gasteiger partial charge < -0.3 is 9.47 Å². The summed E-state index contributed by atoms with van der Waals surface area (Å²) in [5.41, 5.74) is 4.76. The van der Waals surface area contributed by atoms with E-state index in [1.165, 1.54) is 31.5 Å². The number of amides is 1. The molecule has 1 aromatic heterocycles. The Labute approximate surface area is 239 Å². The Balaban J connectivity index is 1.57. The summed E-state index contributed by atoms with van der Waals surface area (Å²) in [6, 6.07) is 18.3. The Kier molecular flexibility index (Phi) is 8.73. The van der Waals surface area contributed by atoms with Gasteiger partial charge >= 0.3 is 0 Å². The summed E-state index contributed by atoms with van der Waals surface area (Å²) in [7, 11) is -1.08. The normalized spacial score (nSPS) is 11.5. The van der Waals surface area contributed by atoms with Gasteiger partial charge in [-0.3, -0.25) is 9.10 Å². The molecule has 202 valence electrons. The molecular weight excluding hydrogens is 608 g/mol. The standard InChI is InChI=1S/C27H24BrClN4O5S/c1-17-4-7-20(8-5-17)33(39(35,36)22-10-11-25(38-3)23(28)14-22)16-26(34)32-30-15-19-12-18-6-9-21(37-2)13-24(18)31-27(19)29/h4-15H,16H2,1-3H3,(H,32,34)/b30-15-. The van der Waals surface area contributed by atoms with Crippen molar-refractivity contribution in [2.24, 2.45) is 5.10 Å². The first kappa shape index (κ1) is 28.3. The molecule has 1 amide bonds. The molecule has 0 spiro atoms. The molecule has 39 heavy (non-hydrogen) atoms. The van der Waals surface area contributed by atoms with Crippen LogP contribution in [0.5, 0.6) is 11.5 Å². The van der Waals surface area contributed by atoms with Crippen LogP contribution in [-0.4, -0.2) is 46.3 Å². The van der Waals surface area contributed by atoms with E-state index >= 15 is 0 Å². The van der Waals surface area contributed by atoms with E-state index in [-0.39, 0.29) is 10.0 Å². The molecule has 9 nitrogen and oxygen atoms in total. The first-order chi connectivity index (χ1) is 18.6. The van der Waals surface area contributed by atoms with Crippen molar-refractivity contribution in [1.29, 1.82) is 0 Å². The number of methoxy groups -OCH3 is 2. The molecule has 0 radical (unpaired) electrons. The molecule has 1 heterocycles. The van der Waals surface area contributed by atoms with Crippen LogP contribution < -0.4 is 19.2 Å². The number of aryl methyl sites for hydroxylation is 1. The maximum atomic E-state index is 13.6. The van der Waals surface area contributed by atoms with Crippen LogP contribution in [0.3, 0.4) is 0 Å². The number of sulfonamides is 1. The van der Waals surface area contributed by atoms with Gasteiger partial charge in [0.1, 0.15) is 23.2 Å². The summed E-state index contributed by atoms with van der Waals surface area (Å²) < 4.78 is 39.1. The lowest BCUT2D eigenvalue weighted by molar-refractivity contribution is -0.119. The van der Waals surface area contributed by atoms with E-state index < -0.39 is 22.5 Å². The van der Waals surface area contributed by atoms with Gasteiger partial charge in [-0.15, -0.1) is 0 Å². The van der Waals surface area contributed by atoms with Crippen LogP contribution in [0.15, 0.2) is 81.2 Å². The van der Waals surface area contributed by atoms with E-state index in [4.69, 9.17) is 21.1 Å². The summed E-state index contributed by atoms with van der Waals surface area (Å²) in [6.45, 7) is 1.36. The van der Waals surface area contributed by atoms with Gasteiger partial charge in [-0.05, 0) is 71.4 Å². The lowest BCUT2D eigenvalue weighted by Gasteiger charge is -2.24. The van der Waals surface area contributed by atoms with E-state index in [1.54, 1.807) is 49.6 Å². The van der Waals surface area contributed by atoms with E-state index in [2.05, 4.69) is 31.4 Å². The first-order valence-electron chi connectivity index (χ1n) is 11.5. The number of rotatable bonds is 9. The number of anilines is 1. The zero-order valence-corrected chi connectivity index (χ0v) is 24.3. The summed E-state index contributed by atoms with van der Waals surface area (Å²) in [4.78, 5) is 17.2. The van der Waals surface area contributed by atoms with Crippen molar-refractivity contribution in [3.8, 4) is 11.5 Å². The van der Waals surface area contributed by atoms with Crippen molar-refractivity contribution in [3.63, 3.8) is 0 Å². The van der Waals surface area contributed by atoms with Crippen LogP contribution in [0.25, 0.3) is 10.9 Å². The van der Waals surface area contributed by atoms with Crippen LogP contribution in [0.1, 0.15) is 11.1 Å². The number of halogens is 2. The molecule has 0 aliphatic heterocycles. The number of aromatic nitrogens is 1. The molecule has 3 aromatic carbocycles. The van der Waals surface area contributed by atoms with Crippen molar-refractivity contribution in [2.45, 2.75) is 11.8 Å². The third kappa shape index (κ3) is 6.49. The second-order valence-electron chi connectivity index (χ2n) is 8.36. The first-order valence-corrected chi connectivity index (χ1v) is 14.1. The fourth-order valence-corrected chi connectivity index (χ4v) is 5.99. The molecule has 0 saturated heterocycles. The van der Waals surface area contributed by atoms with E-state index in [0.717, 1.165) is 15.3 Å². The van der Waals surface area contributed by atoms with Crippen LogP contribution in [0.4, 0.5) is 5.69 Å². The number of pyridine rings is 1. The molecule has 0 aliphatic rings. The highest BCUT2D eigenvalue weighted by Gasteiger charge is 2.28. The predicted molar refractivity (Wildman–Crippen MR) is 155 cm³/mol. The lowest BCUT2D eigenvalue weighted by Crippen LogP contribution is -2.39. The highest BCUT2D eigenvalue weighted by molar-refractivity contribution is 9.10. The molecule has 1 N–H and O–H groups in total. The monoisotopic (exact) mass is 630 g/mol. The summed E-state index contributed by atoms with van der Waals surface area (Å²) in [6.07, 6.45) is 1.35. The van der Waals surface area contributed by atoms with E-state index in [9.17, 15) is 13.2 Å². The predicted octanol–water partition coefficient (Wildman–Crippen LogP) is 5.32. The van der Waals surface area contributed by atoms with Gasteiger partial charge in [-0.25, -0.2) is 18.8 Å².